The minimum absolute atomic E-state index is 0.211. The van der Waals surface area contributed by atoms with Crippen molar-refractivity contribution in [3.05, 3.63) is 77.9 Å². The molecule has 0 aliphatic rings. The average Bonchev–Trinajstić information content (AvgIpc) is 3.12. The molecule has 1 heterocycles. The number of aromatic nitrogens is 2. The topological polar surface area (TPSA) is 67.0 Å². The van der Waals surface area contributed by atoms with Crippen molar-refractivity contribution in [1.29, 1.82) is 0 Å². The highest BCUT2D eigenvalue weighted by molar-refractivity contribution is 6.06. The van der Waals surface area contributed by atoms with E-state index in [1.807, 2.05) is 67.6 Å². The zero-order chi connectivity index (χ0) is 18.8. The highest BCUT2D eigenvalue weighted by Crippen LogP contribution is 2.26. The fourth-order valence-corrected chi connectivity index (χ4v) is 3.13. The Morgan fingerprint density at radius 2 is 1.85 bits per heavy atom. The first-order valence-corrected chi connectivity index (χ1v) is 8.66. The summed E-state index contributed by atoms with van der Waals surface area (Å²) in [6.45, 7) is 1.91. The number of carbonyl (C=O) groups excluding carboxylic acids is 1. The number of nitrogens with zero attached hydrogens (tertiary/aromatic N) is 1. The molecule has 0 saturated heterocycles. The van der Waals surface area contributed by atoms with Crippen molar-refractivity contribution < 1.29 is 9.53 Å². The molecule has 5 heteroatoms. The standard InChI is InChI=1S/C22H19N3O2/c1-14-7-5-10-17(20(14)27-2)22(26)23-16-9-6-8-15(13-16)21-24-18-11-3-4-12-19(18)25-21/h3-13H,1-2H3,(H,23,26)(H,24,25). The number of nitrogens with one attached hydrogen (secondary N) is 2. The molecule has 134 valence electrons. The van der Waals surface area contributed by atoms with Crippen molar-refractivity contribution in [2.75, 3.05) is 12.4 Å². The Morgan fingerprint density at radius 1 is 1.04 bits per heavy atom. The third-order valence-corrected chi connectivity index (χ3v) is 4.44. The van der Waals surface area contributed by atoms with Gasteiger partial charge in [-0.1, -0.05) is 36.4 Å². The summed E-state index contributed by atoms with van der Waals surface area (Å²) in [5.41, 5.74) is 4.91. The van der Waals surface area contributed by atoms with E-state index in [9.17, 15) is 4.79 Å². The number of carbonyl (C=O) groups is 1. The van der Waals surface area contributed by atoms with Gasteiger partial charge in [0.25, 0.3) is 5.91 Å². The SMILES string of the molecule is COc1c(C)cccc1C(=O)Nc1cccc(-c2nc3ccccc3[nH]2)c1. The van der Waals surface area contributed by atoms with Gasteiger partial charge in [-0.2, -0.15) is 0 Å². The van der Waals surface area contributed by atoms with Crippen LogP contribution in [0.3, 0.4) is 0 Å². The van der Waals surface area contributed by atoms with Crippen LogP contribution < -0.4 is 10.1 Å². The van der Waals surface area contributed by atoms with Crippen molar-refractivity contribution in [1.82, 2.24) is 9.97 Å². The third kappa shape index (κ3) is 3.27. The van der Waals surface area contributed by atoms with E-state index in [1.165, 1.54) is 0 Å². The number of ether oxygens (including phenoxy) is 1. The van der Waals surface area contributed by atoms with Crippen LogP contribution in [0.1, 0.15) is 15.9 Å². The predicted molar refractivity (Wildman–Crippen MR) is 107 cm³/mol. The lowest BCUT2D eigenvalue weighted by Gasteiger charge is -2.12. The van der Waals surface area contributed by atoms with Crippen LogP contribution in [0.4, 0.5) is 5.69 Å². The molecule has 0 saturated carbocycles. The molecule has 2 N–H and O–H groups in total. The lowest BCUT2D eigenvalue weighted by atomic mass is 10.1. The van der Waals surface area contributed by atoms with Crippen LogP contribution in [0.2, 0.25) is 0 Å². The van der Waals surface area contributed by atoms with Crippen LogP contribution in [0.15, 0.2) is 66.7 Å². The minimum atomic E-state index is -0.211. The number of aromatic amines is 1. The van der Waals surface area contributed by atoms with Gasteiger partial charge in [-0.15, -0.1) is 0 Å². The summed E-state index contributed by atoms with van der Waals surface area (Å²) in [5, 5.41) is 2.94. The van der Waals surface area contributed by atoms with E-state index in [4.69, 9.17) is 4.74 Å². The summed E-state index contributed by atoms with van der Waals surface area (Å²) >= 11 is 0. The highest BCUT2D eigenvalue weighted by Gasteiger charge is 2.14. The Morgan fingerprint density at radius 3 is 2.67 bits per heavy atom. The second-order valence-electron chi connectivity index (χ2n) is 6.29. The lowest BCUT2D eigenvalue weighted by molar-refractivity contribution is 0.102. The Hall–Kier alpha value is -3.60. The number of fused-ring (bicyclic) bond motifs is 1. The van der Waals surface area contributed by atoms with Crippen molar-refractivity contribution in [2.45, 2.75) is 6.92 Å². The largest absolute Gasteiger partial charge is 0.496 e. The summed E-state index contributed by atoms with van der Waals surface area (Å²) in [5.74, 6) is 1.14. The first-order valence-electron chi connectivity index (χ1n) is 8.66. The maximum Gasteiger partial charge on any atom is 0.259 e. The molecule has 0 radical (unpaired) electrons. The molecular formula is C22H19N3O2. The van der Waals surface area contributed by atoms with Gasteiger partial charge in [-0.05, 0) is 42.8 Å². The number of amides is 1. The van der Waals surface area contributed by atoms with Gasteiger partial charge in [0.1, 0.15) is 11.6 Å². The van der Waals surface area contributed by atoms with Gasteiger partial charge in [0, 0.05) is 11.3 Å². The minimum Gasteiger partial charge on any atom is -0.496 e. The zero-order valence-electron chi connectivity index (χ0n) is 15.1. The van der Waals surface area contributed by atoms with E-state index in [0.29, 0.717) is 17.0 Å². The number of benzene rings is 3. The molecule has 0 aliphatic carbocycles. The van der Waals surface area contributed by atoms with Gasteiger partial charge in [-0.3, -0.25) is 4.79 Å². The maximum atomic E-state index is 12.7. The lowest BCUT2D eigenvalue weighted by Crippen LogP contribution is -2.13. The van der Waals surface area contributed by atoms with Crippen LogP contribution in [-0.4, -0.2) is 23.0 Å². The van der Waals surface area contributed by atoms with Crippen LogP contribution in [0.5, 0.6) is 5.75 Å². The van der Waals surface area contributed by atoms with Crippen molar-refractivity contribution >= 4 is 22.6 Å². The quantitative estimate of drug-likeness (QED) is 0.551. The summed E-state index contributed by atoms with van der Waals surface area (Å²) in [6, 6.07) is 21.0. The smallest absolute Gasteiger partial charge is 0.259 e. The second-order valence-corrected chi connectivity index (χ2v) is 6.29. The number of H-pyrrole nitrogens is 1. The molecule has 0 atom stereocenters. The monoisotopic (exact) mass is 357 g/mol. The summed E-state index contributed by atoms with van der Waals surface area (Å²) in [6.07, 6.45) is 0. The van der Waals surface area contributed by atoms with Gasteiger partial charge >= 0.3 is 0 Å². The molecule has 4 aromatic rings. The van der Waals surface area contributed by atoms with Crippen LogP contribution in [0, 0.1) is 6.92 Å². The Labute approximate surface area is 157 Å². The van der Waals surface area contributed by atoms with E-state index in [2.05, 4.69) is 15.3 Å². The van der Waals surface area contributed by atoms with Crippen LogP contribution in [0.25, 0.3) is 22.4 Å². The molecule has 4 rings (SSSR count). The summed E-state index contributed by atoms with van der Waals surface area (Å²) in [7, 11) is 1.57. The van der Waals surface area contributed by atoms with E-state index in [-0.39, 0.29) is 5.91 Å². The highest BCUT2D eigenvalue weighted by atomic mass is 16.5. The average molecular weight is 357 g/mol. The molecule has 5 nitrogen and oxygen atoms in total. The predicted octanol–water partition coefficient (Wildman–Crippen LogP) is 4.80. The van der Waals surface area contributed by atoms with E-state index in [1.54, 1.807) is 13.2 Å². The molecule has 0 unspecified atom stereocenters. The molecule has 1 amide bonds. The molecule has 0 spiro atoms. The number of hydrogen-bond donors (Lipinski definition) is 2. The molecule has 0 bridgehead atoms. The number of aryl methyl sites for hydroxylation is 1. The van der Waals surface area contributed by atoms with Gasteiger partial charge in [0.2, 0.25) is 0 Å². The third-order valence-electron chi connectivity index (χ3n) is 4.44. The Kier molecular flexibility index (Phi) is 4.34. The normalized spacial score (nSPS) is 10.7. The van der Waals surface area contributed by atoms with Gasteiger partial charge < -0.3 is 15.0 Å². The van der Waals surface area contributed by atoms with Crippen molar-refractivity contribution in [3.63, 3.8) is 0 Å². The van der Waals surface area contributed by atoms with Gasteiger partial charge in [0.05, 0.1) is 23.7 Å². The van der Waals surface area contributed by atoms with Crippen molar-refractivity contribution in [3.8, 4) is 17.1 Å². The zero-order valence-corrected chi connectivity index (χ0v) is 15.1. The fourth-order valence-electron chi connectivity index (χ4n) is 3.13. The summed E-state index contributed by atoms with van der Waals surface area (Å²) in [4.78, 5) is 20.6. The Balaban J connectivity index is 1.63. The number of methoxy groups -OCH3 is 1. The number of hydrogen-bond acceptors (Lipinski definition) is 3. The van der Waals surface area contributed by atoms with Gasteiger partial charge in [-0.25, -0.2) is 4.98 Å². The molecule has 1 aromatic heterocycles. The second kappa shape index (κ2) is 6.96. The fraction of sp³-hybridized carbons (Fsp3) is 0.0909. The number of imidazole rings is 1. The maximum absolute atomic E-state index is 12.7. The van der Waals surface area contributed by atoms with E-state index in [0.717, 1.165) is 28.0 Å². The van der Waals surface area contributed by atoms with Crippen LogP contribution >= 0.6 is 0 Å². The number of para-hydroxylation sites is 3. The number of rotatable bonds is 4. The van der Waals surface area contributed by atoms with E-state index >= 15 is 0 Å². The molecule has 3 aromatic carbocycles. The van der Waals surface area contributed by atoms with Crippen LogP contribution in [-0.2, 0) is 0 Å². The first-order chi connectivity index (χ1) is 13.2. The van der Waals surface area contributed by atoms with Crippen molar-refractivity contribution in [2.24, 2.45) is 0 Å². The summed E-state index contributed by atoms with van der Waals surface area (Å²) < 4.78 is 5.39. The molecule has 0 fully saturated rings. The Bertz CT molecular complexity index is 1100. The first kappa shape index (κ1) is 16.8. The number of anilines is 1. The van der Waals surface area contributed by atoms with Gasteiger partial charge in [0.15, 0.2) is 0 Å². The molecule has 27 heavy (non-hydrogen) atoms. The molecule has 0 aliphatic heterocycles. The van der Waals surface area contributed by atoms with E-state index < -0.39 is 0 Å². The molecular weight excluding hydrogens is 338 g/mol.